The van der Waals surface area contributed by atoms with Crippen LogP contribution in [0.2, 0.25) is 10.0 Å². The van der Waals surface area contributed by atoms with E-state index in [1.165, 1.54) is 24.4 Å². The fourth-order valence-electron chi connectivity index (χ4n) is 1.71. The molecule has 124 valence electrons. The van der Waals surface area contributed by atoms with Gasteiger partial charge in [-0.2, -0.15) is 5.10 Å². The van der Waals surface area contributed by atoms with Gasteiger partial charge in [0.05, 0.1) is 21.2 Å². The van der Waals surface area contributed by atoms with Gasteiger partial charge in [-0.1, -0.05) is 41.4 Å². The van der Waals surface area contributed by atoms with Gasteiger partial charge in [-0.3, -0.25) is 14.9 Å². The maximum absolute atomic E-state index is 11.7. The minimum atomic E-state index is -0.592. The number of nitro benzene ring substituents is 1. The molecule has 0 atom stereocenters. The monoisotopic (exact) mass is 367 g/mol. The van der Waals surface area contributed by atoms with Crippen molar-refractivity contribution < 1.29 is 14.5 Å². The maximum atomic E-state index is 11.7. The van der Waals surface area contributed by atoms with Gasteiger partial charge >= 0.3 is 5.69 Å². The average Bonchev–Trinajstić information content (AvgIpc) is 2.56. The first kappa shape index (κ1) is 17.7. The summed E-state index contributed by atoms with van der Waals surface area (Å²) in [6.45, 7) is -0.432. The summed E-state index contributed by atoms with van der Waals surface area (Å²) in [5, 5.41) is 15.3. The molecule has 2 rings (SSSR count). The van der Waals surface area contributed by atoms with Crippen LogP contribution in [0.25, 0.3) is 0 Å². The number of nitro groups is 1. The van der Waals surface area contributed by atoms with E-state index in [1.54, 1.807) is 24.3 Å². The molecule has 0 radical (unpaired) electrons. The summed E-state index contributed by atoms with van der Waals surface area (Å²) in [7, 11) is 0. The molecule has 0 aliphatic carbocycles. The van der Waals surface area contributed by atoms with Crippen molar-refractivity contribution in [1.82, 2.24) is 5.43 Å². The van der Waals surface area contributed by atoms with Crippen LogP contribution in [-0.4, -0.2) is 23.7 Å². The van der Waals surface area contributed by atoms with Crippen LogP contribution in [0, 0.1) is 10.1 Å². The van der Waals surface area contributed by atoms with Gasteiger partial charge in [0.2, 0.25) is 0 Å². The highest BCUT2D eigenvalue weighted by Gasteiger charge is 2.14. The average molecular weight is 368 g/mol. The number of hydrogen-bond donors (Lipinski definition) is 1. The van der Waals surface area contributed by atoms with E-state index in [1.807, 2.05) is 0 Å². The molecule has 2 aromatic carbocycles. The number of benzene rings is 2. The Morgan fingerprint density at radius 3 is 2.54 bits per heavy atom. The van der Waals surface area contributed by atoms with Crippen molar-refractivity contribution in [2.75, 3.05) is 6.61 Å². The largest absolute Gasteiger partial charge is 0.477 e. The Hall–Kier alpha value is -2.64. The lowest BCUT2D eigenvalue weighted by Crippen LogP contribution is -2.24. The summed E-state index contributed by atoms with van der Waals surface area (Å²) in [4.78, 5) is 21.9. The van der Waals surface area contributed by atoms with E-state index >= 15 is 0 Å². The molecule has 9 heteroatoms. The third-order valence-electron chi connectivity index (χ3n) is 2.80. The highest BCUT2D eigenvalue weighted by Crippen LogP contribution is 2.25. The fraction of sp³-hybridized carbons (Fsp3) is 0.0667. The number of ether oxygens (including phenoxy) is 1. The fourth-order valence-corrected chi connectivity index (χ4v) is 2.20. The van der Waals surface area contributed by atoms with E-state index in [0.717, 1.165) is 0 Å². The molecule has 0 bridgehead atoms. The molecule has 0 saturated carbocycles. The Bertz CT molecular complexity index is 776. The third-order valence-corrected chi connectivity index (χ3v) is 3.46. The number of rotatable bonds is 6. The van der Waals surface area contributed by atoms with Gasteiger partial charge < -0.3 is 4.74 Å². The molecule has 1 amide bonds. The topological polar surface area (TPSA) is 93.8 Å². The summed E-state index contributed by atoms with van der Waals surface area (Å²) >= 11 is 11.9. The van der Waals surface area contributed by atoms with Crippen LogP contribution in [-0.2, 0) is 4.79 Å². The second-order valence-corrected chi connectivity index (χ2v) is 5.26. The lowest BCUT2D eigenvalue weighted by atomic mass is 10.2. The standard InChI is InChI=1S/C15H11Cl2N3O4/c16-11-4-3-5-12(17)10(11)8-18-19-15(21)9-24-14-7-2-1-6-13(14)20(22)23/h1-8H,9H2,(H,19,21)/b18-8+. The number of hydrazone groups is 1. The van der Waals surface area contributed by atoms with Crippen LogP contribution in [0.1, 0.15) is 5.56 Å². The summed E-state index contributed by atoms with van der Waals surface area (Å²) in [6.07, 6.45) is 1.30. The Morgan fingerprint density at radius 2 is 1.88 bits per heavy atom. The zero-order valence-corrected chi connectivity index (χ0v) is 13.6. The molecule has 0 aromatic heterocycles. The molecule has 0 aliphatic heterocycles. The van der Waals surface area contributed by atoms with Crippen molar-refractivity contribution in [3.63, 3.8) is 0 Å². The second-order valence-electron chi connectivity index (χ2n) is 4.44. The predicted molar refractivity (Wildman–Crippen MR) is 90.8 cm³/mol. The van der Waals surface area contributed by atoms with Crippen molar-refractivity contribution in [1.29, 1.82) is 0 Å². The van der Waals surface area contributed by atoms with Crippen molar-refractivity contribution in [2.24, 2.45) is 5.10 Å². The molecule has 24 heavy (non-hydrogen) atoms. The van der Waals surface area contributed by atoms with Gasteiger partial charge in [0.1, 0.15) is 0 Å². The molecular formula is C15H11Cl2N3O4. The normalized spacial score (nSPS) is 10.6. The lowest BCUT2D eigenvalue weighted by Gasteiger charge is -2.05. The van der Waals surface area contributed by atoms with E-state index in [9.17, 15) is 14.9 Å². The van der Waals surface area contributed by atoms with Crippen LogP contribution >= 0.6 is 23.2 Å². The van der Waals surface area contributed by atoms with Gasteiger partial charge in [-0.05, 0) is 18.2 Å². The Balaban J connectivity index is 1.93. The highest BCUT2D eigenvalue weighted by atomic mass is 35.5. The molecule has 7 nitrogen and oxygen atoms in total. The van der Waals surface area contributed by atoms with E-state index in [2.05, 4.69) is 10.5 Å². The van der Waals surface area contributed by atoms with Crippen LogP contribution in [0.3, 0.4) is 0 Å². The Kier molecular flexibility index (Phi) is 6.11. The number of nitrogens with one attached hydrogen (secondary N) is 1. The second kappa shape index (κ2) is 8.28. The molecule has 0 unspecified atom stereocenters. The van der Waals surface area contributed by atoms with Crippen LogP contribution in [0.5, 0.6) is 5.75 Å². The van der Waals surface area contributed by atoms with Crippen LogP contribution in [0.15, 0.2) is 47.6 Å². The van der Waals surface area contributed by atoms with Crippen molar-refractivity contribution in [3.05, 3.63) is 68.2 Å². The van der Waals surface area contributed by atoms with Gasteiger partial charge in [0.15, 0.2) is 12.4 Å². The number of hydrogen-bond acceptors (Lipinski definition) is 5. The summed E-state index contributed by atoms with van der Waals surface area (Å²) < 4.78 is 5.13. The Labute approximate surface area is 147 Å². The zero-order valence-electron chi connectivity index (χ0n) is 12.1. The molecule has 2 aromatic rings. The van der Waals surface area contributed by atoms with E-state index in [0.29, 0.717) is 15.6 Å². The molecule has 0 saturated heterocycles. The quantitative estimate of drug-likeness (QED) is 0.480. The van der Waals surface area contributed by atoms with Crippen molar-refractivity contribution in [3.8, 4) is 5.75 Å². The lowest BCUT2D eigenvalue weighted by molar-refractivity contribution is -0.385. The van der Waals surface area contributed by atoms with E-state index in [-0.39, 0.29) is 11.4 Å². The van der Waals surface area contributed by atoms with Crippen LogP contribution < -0.4 is 10.2 Å². The third kappa shape index (κ3) is 4.68. The SMILES string of the molecule is O=C(COc1ccccc1[N+](=O)[O-])N/N=C/c1c(Cl)cccc1Cl. The smallest absolute Gasteiger partial charge is 0.310 e. The molecule has 1 N–H and O–H groups in total. The molecule has 0 heterocycles. The molecule has 0 spiro atoms. The van der Waals surface area contributed by atoms with Crippen LogP contribution in [0.4, 0.5) is 5.69 Å². The number of nitrogens with zero attached hydrogens (tertiary/aromatic N) is 2. The minimum absolute atomic E-state index is 0.00391. The highest BCUT2D eigenvalue weighted by molar-refractivity contribution is 6.38. The summed E-state index contributed by atoms with van der Waals surface area (Å²) in [6, 6.07) is 10.7. The number of carbonyl (C=O) groups excluding carboxylic acids is 1. The number of amides is 1. The number of carbonyl (C=O) groups is 1. The molecule has 0 aliphatic rings. The summed E-state index contributed by atoms with van der Waals surface area (Å²) in [5.41, 5.74) is 2.46. The van der Waals surface area contributed by atoms with Gasteiger partial charge in [0.25, 0.3) is 5.91 Å². The predicted octanol–water partition coefficient (Wildman–Crippen LogP) is 3.43. The van der Waals surface area contributed by atoms with E-state index < -0.39 is 17.4 Å². The van der Waals surface area contributed by atoms with Gasteiger partial charge in [-0.25, -0.2) is 5.43 Å². The Morgan fingerprint density at radius 1 is 1.21 bits per heavy atom. The van der Waals surface area contributed by atoms with Crippen molar-refractivity contribution >= 4 is 41.0 Å². The maximum Gasteiger partial charge on any atom is 0.310 e. The first-order chi connectivity index (χ1) is 11.5. The summed E-state index contributed by atoms with van der Waals surface area (Å²) in [5.74, 6) is -0.594. The molecular weight excluding hydrogens is 357 g/mol. The number of halogens is 2. The van der Waals surface area contributed by atoms with Gasteiger partial charge in [0, 0.05) is 11.6 Å². The zero-order chi connectivity index (χ0) is 17.5. The van der Waals surface area contributed by atoms with Crippen molar-refractivity contribution in [2.45, 2.75) is 0 Å². The molecule has 0 fully saturated rings. The first-order valence-electron chi connectivity index (χ1n) is 6.61. The van der Waals surface area contributed by atoms with Gasteiger partial charge in [-0.15, -0.1) is 0 Å². The minimum Gasteiger partial charge on any atom is -0.477 e. The van der Waals surface area contributed by atoms with E-state index in [4.69, 9.17) is 27.9 Å². The first-order valence-corrected chi connectivity index (χ1v) is 7.36. The number of para-hydroxylation sites is 2.